The summed E-state index contributed by atoms with van der Waals surface area (Å²) in [5.41, 5.74) is 0.670. The van der Waals surface area contributed by atoms with E-state index >= 15 is 0 Å². The van der Waals surface area contributed by atoms with Crippen LogP contribution in [0.25, 0.3) is 0 Å². The van der Waals surface area contributed by atoms with E-state index in [0.29, 0.717) is 23.7 Å². The molecule has 4 saturated carbocycles. The number of aliphatic hydroxyl groups is 2. The Hall–Kier alpha value is -0.870. The minimum Gasteiger partial charge on any atom is -0.481 e. The van der Waals surface area contributed by atoms with Crippen molar-refractivity contribution in [3.63, 3.8) is 0 Å². The second-order valence-electron chi connectivity index (χ2n) is 14.3. The fraction of sp³-hybridized carbons (Fsp3) is 0.900. The Balaban J connectivity index is 1.61. The van der Waals surface area contributed by atoms with Gasteiger partial charge >= 0.3 is 5.97 Å². The fourth-order valence-electron chi connectivity index (χ4n) is 10.9. The Morgan fingerprint density at radius 2 is 1.68 bits per heavy atom. The van der Waals surface area contributed by atoms with Gasteiger partial charge in [-0.1, -0.05) is 53.2 Å². The van der Waals surface area contributed by atoms with Gasteiger partial charge in [0.05, 0.1) is 18.1 Å². The van der Waals surface area contributed by atoms with Crippen LogP contribution in [0.15, 0.2) is 11.6 Å². The molecule has 0 bridgehead atoms. The van der Waals surface area contributed by atoms with Gasteiger partial charge in [-0.25, -0.2) is 0 Å². The molecule has 0 aromatic carbocycles. The summed E-state index contributed by atoms with van der Waals surface area (Å²) in [6.07, 6.45) is 10.6. The van der Waals surface area contributed by atoms with Crippen molar-refractivity contribution in [2.24, 2.45) is 56.7 Å². The second-order valence-corrected chi connectivity index (χ2v) is 14.3. The van der Waals surface area contributed by atoms with E-state index < -0.39 is 22.9 Å². The maximum atomic E-state index is 12.8. The van der Waals surface area contributed by atoms with Crippen molar-refractivity contribution in [1.82, 2.24) is 0 Å². The molecule has 34 heavy (non-hydrogen) atoms. The normalized spacial score (nSPS) is 56.9. The van der Waals surface area contributed by atoms with Gasteiger partial charge in [0.25, 0.3) is 0 Å². The van der Waals surface area contributed by atoms with E-state index in [9.17, 15) is 20.1 Å². The number of rotatable bonds is 2. The Bertz CT molecular complexity index is 896. The van der Waals surface area contributed by atoms with Crippen molar-refractivity contribution in [3.05, 3.63) is 11.6 Å². The zero-order chi connectivity index (χ0) is 24.9. The Labute approximate surface area is 206 Å². The van der Waals surface area contributed by atoms with Crippen molar-refractivity contribution < 1.29 is 20.1 Å². The molecule has 5 rings (SSSR count). The van der Waals surface area contributed by atoms with Gasteiger partial charge in [0.15, 0.2) is 0 Å². The Morgan fingerprint density at radius 1 is 0.971 bits per heavy atom. The zero-order valence-electron chi connectivity index (χ0n) is 22.4. The van der Waals surface area contributed by atoms with Crippen LogP contribution in [0.1, 0.15) is 99.3 Å². The number of fused-ring (bicyclic) bond motifs is 7. The molecule has 0 aromatic heterocycles. The van der Waals surface area contributed by atoms with Crippen molar-refractivity contribution >= 4 is 5.97 Å². The first-order valence-electron chi connectivity index (χ1n) is 14.0. The number of hydrogen-bond donors (Lipinski definition) is 3. The number of carbonyl (C=O) groups is 1. The third-order valence-electron chi connectivity index (χ3n) is 13.5. The molecular formula is C30H48O4. The number of carboxylic acid groups (broad SMARTS) is 1. The molecule has 0 heterocycles. The highest BCUT2D eigenvalue weighted by molar-refractivity contribution is 5.76. The molecule has 4 fully saturated rings. The van der Waals surface area contributed by atoms with Crippen LogP contribution in [0.4, 0.5) is 0 Å². The number of hydrogen-bond acceptors (Lipinski definition) is 3. The van der Waals surface area contributed by atoms with Gasteiger partial charge < -0.3 is 15.3 Å². The van der Waals surface area contributed by atoms with Crippen molar-refractivity contribution in [1.29, 1.82) is 0 Å². The van der Waals surface area contributed by atoms with Crippen LogP contribution in [-0.4, -0.2) is 34.0 Å². The number of aliphatic carboxylic acids is 1. The predicted octanol–water partition coefficient (Wildman–Crippen LogP) is 6.06. The van der Waals surface area contributed by atoms with Gasteiger partial charge in [-0.2, -0.15) is 0 Å². The minimum atomic E-state index is -0.591. The van der Waals surface area contributed by atoms with Crippen molar-refractivity contribution in [2.45, 2.75) is 105 Å². The number of carboxylic acids is 1. The van der Waals surface area contributed by atoms with Crippen LogP contribution in [0, 0.1) is 56.7 Å². The van der Waals surface area contributed by atoms with E-state index in [1.807, 2.05) is 0 Å². The average Bonchev–Trinajstić information content (AvgIpc) is 2.79. The minimum absolute atomic E-state index is 0.0184. The summed E-state index contributed by atoms with van der Waals surface area (Å²) in [4.78, 5) is 12.8. The van der Waals surface area contributed by atoms with E-state index in [4.69, 9.17) is 0 Å². The summed E-state index contributed by atoms with van der Waals surface area (Å²) in [7, 11) is 0. The standard InChI is InChI=1S/C30H48O4/c1-18-9-14-30(25(33)34)16-15-28(5)20(24(30)19(18)2)7-8-22-26(3)12-11-23(32)27(4,17-31)21(26)10-13-29(22,28)6/h7,18-19,21-24,31-32H,8-17H2,1-6H3,(H,33,34)/t18-,19+,21?,22?,23+,24?,26+,27?,28-,29-,30+/m1/s1. The molecule has 0 spiro atoms. The largest absolute Gasteiger partial charge is 0.481 e. The lowest BCUT2D eigenvalue weighted by Crippen LogP contribution is -2.66. The van der Waals surface area contributed by atoms with Crippen LogP contribution in [0.3, 0.4) is 0 Å². The summed E-state index contributed by atoms with van der Waals surface area (Å²) in [6, 6.07) is 0. The molecule has 0 aliphatic heterocycles. The Morgan fingerprint density at radius 3 is 2.32 bits per heavy atom. The molecule has 192 valence electrons. The molecular weight excluding hydrogens is 424 g/mol. The van der Waals surface area contributed by atoms with Crippen molar-refractivity contribution in [3.8, 4) is 0 Å². The first-order chi connectivity index (χ1) is 15.8. The van der Waals surface area contributed by atoms with E-state index in [1.54, 1.807) is 0 Å². The van der Waals surface area contributed by atoms with Crippen molar-refractivity contribution in [2.75, 3.05) is 6.61 Å². The maximum Gasteiger partial charge on any atom is 0.310 e. The van der Waals surface area contributed by atoms with Crippen LogP contribution in [0.2, 0.25) is 0 Å². The van der Waals surface area contributed by atoms with Gasteiger partial charge in [-0.05, 0) is 104 Å². The lowest BCUT2D eigenvalue weighted by molar-refractivity contribution is -0.217. The van der Waals surface area contributed by atoms with E-state index in [-0.39, 0.29) is 28.8 Å². The lowest BCUT2D eigenvalue weighted by atomic mass is 9.33. The van der Waals surface area contributed by atoms with Crippen LogP contribution >= 0.6 is 0 Å². The highest BCUT2D eigenvalue weighted by Gasteiger charge is 2.69. The summed E-state index contributed by atoms with van der Waals surface area (Å²) >= 11 is 0. The molecule has 0 amide bonds. The molecule has 5 aliphatic carbocycles. The summed E-state index contributed by atoms with van der Waals surface area (Å²) in [6.45, 7) is 14.3. The predicted molar refractivity (Wildman–Crippen MR) is 134 cm³/mol. The molecule has 0 radical (unpaired) electrons. The monoisotopic (exact) mass is 472 g/mol. The quantitative estimate of drug-likeness (QED) is 0.427. The molecule has 0 aromatic rings. The van der Waals surface area contributed by atoms with Gasteiger partial charge in [-0.3, -0.25) is 4.79 Å². The average molecular weight is 473 g/mol. The Kier molecular flexibility index (Phi) is 5.52. The highest BCUT2D eigenvalue weighted by Crippen LogP contribution is 2.75. The second kappa shape index (κ2) is 7.57. The summed E-state index contributed by atoms with van der Waals surface area (Å²) < 4.78 is 0. The van der Waals surface area contributed by atoms with Crippen LogP contribution in [0.5, 0.6) is 0 Å². The zero-order valence-corrected chi connectivity index (χ0v) is 22.4. The van der Waals surface area contributed by atoms with E-state index in [2.05, 4.69) is 47.6 Å². The topological polar surface area (TPSA) is 77.8 Å². The van der Waals surface area contributed by atoms with Gasteiger partial charge in [0, 0.05) is 5.41 Å². The first-order valence-corrected chi connectivity index (χ1v) is 14.0. The first kappa shape index (κ1) is 24.8. The summed E-state index contributed by atoms with van der Waals surface area (Å²) in [5, 5.41) is 31.9. The molecule has 0 saturated heterocycles. The molecule has 4 heteroatoms. The summed E-state index contributed by atoms with van der Waals surface area (Å²) in [5.74, 6) is 1.35. The maximum absolute atomic E-state index is 12.8. The third-order valence-corrected chi connectivity index (χ3v) is 13.5. The fourth-order valence-corrected chi connectivity index (χ4v) is 10.9. The lowest BCUT2D eigenvalue weighted by Gasteiger charge is -2.71. The van der Waals surface area contributed by atoms with Gasteiger partial charge in [-0.15, -0.1) is 0 Å². The number of allylic oxidation sites excluding steroid dienone is 2. The molecule has 4 nitrogen and oxygen atoms in total. The highest BCUT2D eigenvalue weighted by atomic mass is 16.4. The molecule has 11 atom stereocenters. The molecule has 3 N–H and O–H groups in total. The van der Waals surface area contributed by atoms with Crippen LogP contribution < -0.4 is 0 Å². The van der Waals surface area contributed by atoms with Crippen LogP contribution in [-0.2, 0) is 4.79 Å². The van der Waals surface area contributed by atoms with E-state index in [1.165, 1.54) is 5.57 Å². The van der Waals surface area contributed by atoms with Gasteiger partial charge in [0.2, 0.25) is 0 Å². The van der Waals surface area contributed by atoms with Gasteiger partial charge in [0.1, 0.15) is 0 Å². The number of aliphatic hydroxyl groups excluding tert-OH is 2. The molecule has 5 aliphatic rings. The third kappa shape index (κ3) is 2.76. The smallest absolute Gasteiger partial charge is 0.310 e. The van der Waals surface area contributed by atoms with E-state index in [0.717, 1.165) is 57.8 Å². The molecule has 4 unspecified atom stereocenters. The SMILES string of the molecule is C[C@@H]1CC[C@]2(C(=O)O)CC[C@]3(C)C(=CCC4[C@@]5(C)CC[C@H](O)C(C)(CO)C5CC[C@]43C)C2[C@H]1C.